The molecule has 1 aliphatic heterocycles. The lowest BCUT2D eigenvalue weighted by Crippen LogP contribution is -2.22. The maximum atomic E-state index is 12.4. The summed E-state index contributed by atoms with van der Waals surface area (Å²) in [5.41, 5.74) is 1.63. The van der Waals surface area contributed by atoms with E-state index < -0.39 is 0 Å². The van der Waals surface area contributed by atoms with Gasteiger partial charge < -0.3 is 5.32 Å². The highest BCUT2D eigenvalue weighted by Crippen LogP contribution is 2.33. The third kappa shape index (κ3) is 4.66. The van der Waals surface area contributed by atoms with Gasteiger partial charge in [-0.05, 0) is 41.6 Å². The second-order valence-corrected chi connectivity index (χ2v) is 8.57. The Hall–Kier alpha value is -2.83. The second-order valence-electron chi connectivity index (χ2n) is 7.15. The van der Waals surface area contributed by atoms with Gasteiger partial charge in [-0.3, -0.25) is 19.7 Å². The molecule has 1 aliphatic rings. The van der Waals surface area contributed by atoms with Crippen LogP contribution in [0, 0.1) is 5.92 Å². The van der Waals surface area contributed by atoms with E-state index in [-0.39, 0.29) is 35.8 Å². The Labute approximate surface area is 183 Å². The highest BCUT2D eigenvalue weighted by Gasteiger charge is 2.30. The fraction of sp³-hybridized carbons (Fsp3) is 0.174. The summed E-state index contributed by atoms with van der Waals surface area (Å²) >= 11 is 7.79. The van der Waals surface area contributed by atoms with Crippen molar-refractivity contribution in [1.29, 1.82) is 0 Å². The lowest BCUT2D eigenvalue weighted by Gasteiger charge is -2.10. The molecule has 0 spiro atoms. The fourth-order valence-electron chi connectivity index (χ4n) is 3.50. The first-order valence-corrected chi connectivity index (χ1v) is 10.9. The minimum atomic E-state index is -0.318. The largest absolute Gasteiger partial charge is 0.325 e. The summed E-state index contributed by atoms with van der Waals surface area (Å²) in [7, 11) is 0. The Kier molecular flexibility index (Phi) is 6.06. The fourth-order valence-corrected chi connectivity index (χ4v) is 4.75. The average molecular weight is 439 g/mol. The molecule has 0 aromatic heterocycles. The number of thioether (sulfide) groups is 1. The van der Waals surface area contributed by atoms with E-state index in [4.69, 9.17) is 11.6 Å². The zero-order chi connectivity index (χ0) is 21.1. The smallest absolute Gasteiger partial charge is 0.234 e. The summed E-state index contributed by atoms with van der Waals surface area (Å²) < 4.78 is 0. The van der Waals surface area contributed by atoms with Crippen molar-refractivity contribution in [3.63, 3.8) is 0 Å². The molecule has 1 unspecified atom stereocenters. The number of carbonyl (C=O) groups excluding carboxylic acids is 3. The van der Waals surface area contributed by atoms with Crippen LogP contribution in [-0.4, -0.2) is 23.5 Å². The molecule has 7 heteroatoms. The van der Waals surface area contributed by atoms with E-state index in [2.05, 4.69) is 10.6 Å². The van der Waals surface area contributed by atoms with Gasteiger partial charge in [0.05, 0.1) is 11.7 Å². The van der Waals surface area contributed by atoms with Gasteiger partial charge in [-0.2, -0.15) is 0 Å². The minimum Gasteiger partial charge on any atom is -0.325 e. The number of benzene rings is 3. The van der Waals surface area contributed by atoms with Crippen LogP contribution in [0.5, 0.6) is 0 Å². The lowest BCUT2D eigenvalue weighted by molar-refractivity contribution is -0.125. The van der Waals surface area contributed by atoms with Crippen molar-refractivity contribution >= 4 is 57.5 Å². The van der Waals surface area contributed by atoms with Gasteiger partial charge in [0, 0.05) is 27.4 Å². The summed E-state index contributed by atoms with van der Waals surface area (Å²) in [5.74, 6) is -0.613. The second kappa shape index (κ2) is 8.90. The van der Waals surface area contributed by atoms with E-state index in [0.29, 0.717) is 17.1 Å². The van der Waals surface area contributed by atoms with E-state index in [9.17, 15) is 14.4 Å². The molecule has 0 radical (unpaired) electrons. The van der Waals surface area contributed by atoms with E-state index in [1.165, 1.54) is 11.8 Å². The quantitative estimate of drug-likeness (QED) is 0.441. The van der Waals surface area contributed by atoms with Gasteiger partial charge >= 0.3 is 0 Å². The van der Waals surface area contributed by atoms with Crippen molar-refractivity contribution in [2.75, 3.05) is 11.1 Å². The summed E-state index contributed by atoms with van der Waals surface area (Å²) in [4.78, 5) is 36.3. The van der Waals surface area contributed by atoms with Crippen LogP contribution < -0.4 is 10.6 Å². The number of imide groups is 1. The molecule has 1 fully saturated rings. The van der Waals surface area contributed by atoms with Crippen molar-refractivity contribution in [2.24, 2.45) is 5.92 Å². The van der Waals surface area contributed by atoms with Gasteiger partial charge in [-0.1, -0.05) is 48.0 Å². The molecule has 3 aromatic rings. The van der Waals surface area contributed by atoms with Crippen molar-refractivity contribution < 1.29 is 14.4 Å². The maximum absolute atomic E-state index is 12.4. The number of hydrogen-bond donors (Lipinski definition) is 2. The molecule has 0 saturated carbocycles. The van der Waals surface area contributed by atoms with Gasteiger partial charge in [-0.15, -0.1) is 11.8 Å². The zero-order valence-electron chi connectivity index (χ0n) is 16.0. The van der Waals surface area contributed by atoms with Gasteiger partial charge in [0.1, 0.15) is 0 Å². The normalized spacial score (nSPS) is 16.0. The predicted octanol–water partition coefficient (Wildman–Crippen LogP) is 4.43. The first kappa shape index (κ1) is 20.4. The molecule has 1 saturated heterocycles. The van der Waals surface area contributed by atoms with Crippen LogP contribution in [0.25, 0.3) is 10.8 Å². The molecule has 0 bridgehead atoms. The molecular weight excluding hydrogens is 420 g/mol. The van der Waals surface area contributed by atoms with E-state index in [1.54, 1.807) is 12.1 Å². The standard InChI is InChI=1S/C23H19ClN2O3S/c24-18-5-1-3-15-4-2-6-19(22(15)18)30-13-21(28)25-17-9-7-14(8-10-17)11-16-12-20(27)26-23(16)29/h1-10,16H,11-13H2,(H,25,28)(H,26,27,29). The van der Waals surface area contributed by atoms with Crippen LogP contribution in [0.4, 0.5) is 5.69 Å². The number of anilines is 1. The van der Waals surface area contributed by atoms with Crippen LogP contribution in [-0.2, 0) is 20.8 Å². The van der Waals surface area contributed by atoms with Crippen molar-refractivity contribution in [3.8, 4) is 0 Å². The van der Waals surface area contributed by atoms with Gasteiger partial charge in [0.2, 0.25) is 17.7 Å². The molecule has 30 heavy (non-hydrogen) atoms. The number of fused-ring (bicyclic) bond motifs is 1. The van der Waals surface area contributed by atoms with Gasteiger partial charge in [0.25, 0.3) is 0 Å². The average Bonchev–Trinajstić information content (AvgIpc) is 3.04. The van der Waals surface area contributed by atoms with Crippen LogP contribution in [0.1, 0.15) is 12.0 Å². The van der Waals surface area contributed by atoms with Crippen LogP contribution >= 0.6 is 23.4 Å². The summed E-state index contributed by atoms with van der Waals surface area (Å²) in [6.07, 6.45) is 0.732. The first-order chi connectivity index (χ1) is 14.5. The van der Waals surface area contributed by atoms with E-state index in [0.717, 1.165) is 21.2 Å². The molecule has 1 heterocycles. The van der Waals surface area contributed by atoms with Crippen LogP contribution in [0.15, 0.2) is 65.6 Å². The zero-order valence-corrected chi connectivity index (χ0v) is 17.6. The third-order valence-electron chi connectivity index (χ3n) is 4.96. The summed E-state index contributed by atoms with van der Waals surface area (Å²) in [6.45, 7) is 0. The molecule has 1 atom stereocenters. The molecule has 2 N–H and O–H groups in total. The van der Waals surface area contributed by atoms with Crippen molar-refractivity contribution in [3.05, 3.63) is 71.2 Å². The van der Waals surface area contributed by atoms with Crippen LogP contribution in [0.2, 0.25) is 5.02 Å². The van der Waals surface area contributed by atoms with Crippen molar-refractivity contribution in [2.45, 2.75) is 17.7 Å². The minimum absolute atomic E-state index is 0.113. The number of nitrogens with one attached hydrogen (secondary N) is 2. The number of amides is 3. The molecule has 5 nitrogen and oxygen atoms in total. The number of carbonyl (C=O) groups is 3. The SMILES string of the molecule is O=C1CC(Cc2ccc(NC(=O)CSc3cccc4cccc(Cl)c34)cc2)C(=O)N1. The Morgan fingerprint density at radius 3 is 2.50 bits per heavy atom. The molecular formula is C23H19ClN2O3S. The number of rotatable bonds is 6. The summed E-state index contributed by atoms with van der Waals surface area (Å²) in [5, 5.41) is 7.88. The molecule has 3 amide bonds. The highest BCUT2D eigenvalue weighted by atomic mass is 35.5. The monoisotopic (exact) mass is 438 g/mol. The van der Waals surface area contributed by atoms with Crippen molar-refractivity contribution in [1.82, 2.24) is 5.32 Å². The Morgan fingerprint density at radius 2 is 1.80 bits per heavy atom. The van der Waals surface area contributed by atoms with Crippen LogP contribution in [0.3, 0.4) is 0 Å². The first-order valence-electron chi connectivity index (χ1n) is 9.52. The maximum Gasteiger partial charge on any atom is 0.234 e. The Balaban J connectivity index is 1.35. The Morgan fingerprint density at radius 1 is 1.07 bits per heavy atom. The summed E-state index contributed by atoms with van der Waals surface area (Å²) in [6, 6.07) is 19.0. The lowest BCUT2D eigenvalue weighted by atomic mass is 9.98. The van der Waals surface area contributed by atoms with Gasteiger partial charge in [0.15, 0.2) is 0 Å². The van der Waals surface area contributed by atoms with Gasteiger partial charge in [-0.25, -0.2) is 0 Å². The molecule has 152 valence electrons. The molecule has 4 rings (SSSR count). The predicted molar refractivity (Wildman–Crippen MR) is 120 cm³/mol. The topological polar surface area (TPSA) is 75.3 Å². The highest BCUT2D eigenvalue weighted by molar-refractivity contribution is 8.00. The Bertz CT molecular complexity index is 1130. The molecule has 3 aromatic carbocycles. The molecule has 0 aliphatic carbocycles. The number of halogens is 1. The third-order valence-corrected chi connectivity index (χ3v) is 6.33. The van der Waals surface area contributed by atoms with E-state index >= 15 is 0 Å². The van der Waals surface area contributed by atoms with E-state index in [1.807, 2.05) is 48.5 Å². The number of hydrogen-bond acceptors (Lipinski definition) is 4.